The van der Waals surface area contributed by atoms with Gasteiger partial charge in [-0.05, 0) is 19.8 Å². The minimum Gasteiger partial charge on any atom is -0.481 e. The van der Waals surface area contributed by atoms with E-state index in [1.54, 1.807) is 25.9 Å². The molecule has 0 bridgehead atoms. The topological polar surface area (TPSA) is 78.9 Å². The Balaban J connectivity index is 4.49. The van der Waals surface area contributed by atoms with E-state index in [0.717, 1.165) is 0 Å². The lowest BCUT2D eigenvalue weighted by molar-refractivity contribution is -0.141. The predicted octanol–water partition coefficient (Wildman–Crippen LogP) is 1.41. The van der Waals surface area contributed by atoms with Crippen LogP contribution in [-0.4, -0.2) is 54.9 Å². The molecule has 0 aromatic heterocycles. The molecule has 0 rings (SSSR count). The standard InChI is InChI=1S/C13H26N2O4/c1-9(2)8-15(6-7-19-5)13(18)14-11(4)10(3)12(16)17/h9-11H,6-8H2,1-5H3,(H,14,18)(H,16,17). The number of rotatable bonds is 8. The summed E-state index contributed by atoms with van der Waals surface area (Å²) in [6, 6.07) is -0.659. The molecule has 112 valence electrons. The Kier molecular flexibility index (Phi) is 8.14. The molecule has 0 heterocycles. The van der Waals surface area contributed by atoms with Crippen molar-refractivity contribution in [2.24, 2.45) is 11.8 Å². The zero-order chi connectivity index (χ0) is 15.0. The Hall–Kier alpha value is -1.30. The quantitative estimate of drug-likeness (QED) is 0.701. The predicted molar refractivity (Wildman–Crippen MR) is 73.1 cm³/mol. The van der Waals surface area contributed by atoms with Crippen molar-refractivity contribution in [3.05, 3.63) is 0 Å². The second kappa shape index (κ2) is 8.74. The number of methoxy groups -OCH3 is 1. The van der Waals surface area contributed by atoms with Crippen molar-refractivity contribution in [3.63, 3.8) is 0 Å². The maximum absolute atomic E-state index is 12.1. The largest absolute Gasteiger partial charge is 0.481 e. The minimum absolute atomic E-state index is 0.244. The lowest BCUT2D eigenvalue weighted by Gasteiger charge is -2.27. The fourth-order valence-electron chi connectivity index (χ4n) is 1.54. The van der Waals surface area contributed by atoms with Crippen LogP contribution in [-0.2, 0) is 9.53 Å². The number of nitrogens with one attached hydrogen (secondary N) is 1. The van der Waals surface area contributed by atoms with Gasteiger partial charge in [-0.15, -0.1) is 0 Å². The van der Waals surface area contributed by atoms with Gasteiger partial charge in [0.05, 0.1) is 12.5 Å². The highest BCUT2D eigenvalue weighted by Crippen LogP contribution is 2.05. The van der Waals surface area contributed by atoms with Crippen molar-refractivity contribution in [2.75, 3.05) is 26.8 Å². The summed E-state index contributed by atoms with van der Waals surface area (Å²) in [6.07, 6.45) is 0. The molecule has 19 heavy (non-hydrogen) atoms. The van der Waals surface area contributed by atoms with Gasteiger partial charge in [0.2, 0.25) is 0 Å². The van der Waals surface area contributed by atoms with Crippen LogP contribution in [0.4, 0.5) is 4.79 Å². The van der Waals surface area contributed by atoms with Gasteiger partial charge in [-0.3, -0.25) is 4.79 Å². The number of ether oxygens (including phenoxy) is 1. The molecule has 0 aromatic rings. The van der Waals surface area contributed by atoms with Crippen LogP contribution >= 0.6 is 0 Å². The van der Waals surface area contributed by atoms with Crippen molar-refractivity contribution in [1.29, 1.82) is 0 Å². The maximum Gasteiger partial charge on any atom is 0.317 e. The van der Waals surface area contributed by atoms with Crippen LogP contribution in [0.25, 0.3) is 0 Å². The van der Waals surface area contributed by atoms with Gasteiger partial charge in [-0.2, -0.15) is 0 Å². The van der Waals surface area contributed by atoms with Crippen molar-refractivity contribution in [2.45, 2.75) is 33.7 Å². The monoisotopic (exact) mass is 274 g/mol. The molecule has 2 atom stereocenters. The molecule has 0 spiro atoms. The Labute approximate surface area is 115 Å². The summed E-state index contributed by atoms with van der Waals surface area (Å²) in [5.74, 6) is -1.19. The van der Waals surface area contributed by atoms with Crippen LogP contribution in [0, 0.1) is 11.8 Å². The normalized spacial score (nSPS) is 14.0. The Morgan fingerprint density at radius 2 is 1.84 bits per heavy atom. The smallest absolute Gasteiger partial charge is 0.317 e. The van der Waals surface area contributed by atoms with E-state index in [1.165, 1.54) is 0 Å². The first-order valence-corrected chi connectivity index (χ1v) is 6.56. The molecule has 2 N–H and O–H groups in total. The second-order valence-electron chi connectivity index (χ2n) is 5.20. The molecule has 6 nitrogen and oxygen atoms in total. The molecule has 2 unspecified atom stereocenters. The number of carbonyl (C=O) groups is 2. The van der Waals surface area contributed by atoms with Crippen LogP contribution in [0.5, 0.6) is 0 Å². The molecule has 0 aromatic carbocycles. The lowest BCUT2D eigenvalue weighted by Crippen LogP contribution is -2.49. The number of carboxylic acids is 1. The zero-order valence-corrected chi connectivity index (χ0v) is 12.5. The average Bonchev–Trinajstić information content (AvgIpc) is 2.32. The molecule has 0 saturated carbocycles. The van der Waals surface area contributed by atoms with Crippen molar-refractivity contribution in [1.82, 2.24) is 10.2 Å². The number of carbonyl (C=O) groups excluding carboxylic acids is 1. The first kappa shape index (κ1) is 17.7. The molecule has 0 radical (unpaired) electrons. The van der Waals surface area contributed by atoms with Crippen molar-refractivity contribution in [3.8, 4) is 0 Å². The third-order valence-corrected chi connectivity index (χ3v) is 2.93. The van der Waals surface area contributed by atoms with E-state index in [9.17, 15) is 9.59 Å². The van der Waals surface area contributed by atoms with Crippen molar-refractivity contribution >= 4 is 12.0 Å². The number of hydrogen-bond donors (Lipinski definition) is 2. The summed E-state index contributed by atoms with van der Waals surface area (Å²) >= 11 is 0. The van der Waals surface area contributed by atoms with E-state index < -0.39 is 17.9 Å². The van der Waals surface area contributed by atoms with E-state index in [1.807, 2.05) is 13.8 Å². The van der Waals surface area contributed by atoms with Gasteiger partial charge in [-0.1, -0.05) is 13.8 Å². The highest BCUT2D eigenvalue weighted by atomic mass is 16.5. The van der Waals surface area contributed by atoms with Crippen molar-refractivity contribution < 1.29 is 19.4 Å². The average molecular weight is 274 g/mol. The first-order chi connectivity index (χ1) is 8.79. The Bertz CT molecular complexity index is 294. The summed E-state index contributed by atoms with van der Waals surface area (Å²) in [5.41, 5.74) is 0. The summed E-state index contributed by atoms with van der Waals surface area (Å²) in [7, 11) is 1.58. The van der Waals surface area contributed by atoms with E-state index in [0.29, 0.717) is 25.6 Å². The number of aliphatic carboxylic acids is 1. The third-order valence-electron chi connectivity index (χ3n) is 2.93. The maximum atomic E-state index is 12.1. The van der Waals surface area contributed by atoms with Crippen LogP contribution in [0.3, 0.4) is 0 Å². The summed E-state index contributed by atoms with van der Waals surface area (Å²) in [5, 5.41) is 11.6. The second-order valence-corrected chi connectivity index (χ2v) is 5.20. The molecule has 0 aliphatic carbocycles. The fourth-order valence-corrected chi connectivity index (χ4v) is 1.54. The molecule has 6 heteroatoms. The van der Waals surface area contributed by atoms with Crippen LogP contribution in [0.1, 0.15) is 27.7 Å². The van der Waals surface area contributed by atoms with Gasteiger partial charge < -0.3 is 20.1 Å². The van der Waals surface area contributed by atoms with Gasteiger partial charge >= 0.3 is 12.0 Å². The molecule has 2 amide bonds. The van der Waals surface area contributed by atoms with Crippen LogP contribution in [0.15, 0.2) is 0 Å². The number of nitrogens with zero attached hydrogens (tertiary/aromatic N) is 1. The molecule has 0 saturated heterocycles. The Morgan fingerprint density at radius 1 is 1.26 bits per heavy atom. The van der Waals surface area contributed by atoms with Gasteiger partial charge in [0.15, 0.2) is 0 Å². The number of hydrogen-bond acceptors (Lipinski definition) is 3. The first-order valence-electron chi connectivity index (χ1n) is 6.56. The fraction of sp³-hybridized carbons (Fsp3) is 0.846. The third kappa shape index (κ3) is 7.00. The number of amides is 2. The van der Waals surface area contributed by atoms with E-state index in [-0.39, 0.29) is 6.03 Å². The van der Waals surface area contributed by atoms with E-state index in [4.69, 9.17) is 9.84 Å². The minimum atomic E-state index is -0.917. The molecule has 0 fully saturated rings. The summed E-state index contributed by atoms with van der Waals surface area (Å²) in [6.45, 7) is 8.89. The van der Waals surface area contributed by atoms with E-state index >= 15 is 0 Å². The van der Waals surface area contributed by atoms with Crippen LogP contribution in [0.2, 0.25) is 0 Å². The molecular formula is C13H26N2O4. The number of urea groups is 1. The molecule has 0 aliphatic rings. The summed E-state index contributed by atoms with van der Waals surface area (Å²) < 4.78 is 4.98. The van der Waals surface area contributed by atoms with E-state index in [2.05, 4.69) is 5.32 Å². The highest BCUT2D eigenvalue weighted by molar-refractivity contribution is 5.76. The SMILES string of the molecule is COCCN(CC(C)C)C(=O)NC(C)C(C)C(=O)O. The van der Waals surface area contributed by atoms with Gasteiger partial charge in [0, 0.05) is 26.2 Å². The number of carboxylic acid groups (broad SMARTS) is 1. The molecular weight excluding hydrogens is 248 g/mol. The lowest BCUT2D eigenvalue weighted by atomic mass is 10.0. The van der Waals surface area contributed by atoms with Crippen LogP contribution < -0.4 is 5.32 Å². The van der Waals surface area contributed by atoms with Gasteiger partial charge in [0.1, 0.15) is 0 Å². The van der Waals surface area contributed by atoms with Gasteiger partial charge in [-0.25, -0.2) is 4.79 Å². The molecule has 0 aliphatic heterocycles. The van der Waals surface area contributed by atoms with Gasteiger partial charge in [0.25, 0.3) is 0 Å². The zero-order valence-electron chi connectivity index (χ0n) is 12.5. The highest BCUT2D eigenvalue weighted by Gasteiger charge is 2.23. The Morgan fingerprint density at radius 3 is 2.26 bits per heavy atom. The summed E-state index contributed by atoms with van der Waals surface area (Å²) in [4.78, 5) is 24.6.